The summed E-state index contributed by atoms with van der Waals surface area (Å²) in [4.78, 5) is 23.0. The maximum Gasteiger partial charge on any atom is 0.243 e. The summed E-state index contributed by atoms with van der Waals surface area (Å²) in [5.74, 6) is -0.761. The van der Waals surface area contributed by atoms with E-state index in [1.165, 1.54) is 16.4 Å². The molecule has 1 rings (SSSR count). The van der Waals surface area contributed by atoms with Crippen LogP contribution in [0.4, 0.5) is 0 Å². The Hall–Kier alpha value is -1.97. The number of carbonyl (C=O) groups excluding carboxylic acids is 2. The molecule has 2 amide bonds. The quantitative estimate of drug-likeness (QED) is 0.563. The van der Waals surface area contributed by atoms with Crippen LogP contribution in [0.1, 0.15) is 32.4 Å². The highest BCUT2D eigenvalue weighted by Gasteiger charge is 2.21. The summed E-state index contributed by atoms with van der Waals surface area (Å²) in [6, 6.07) is 6.07. The van der Waals surface area contributed by atoms with Crippen LogP contribution in [-0.2, 0) is 19.6 Å². The van der Waals surface area contributed by atoms with E-state index in [0.29, 0.717) is 13.1 Å². The molecule has 25 heavy (non-hydrogen) atoms. The van der Waals surface area contributed by atoms with Crippen LogP contribution < -0.4 is 16.4 Å². The number of nitrogens with zero attached hydrogens (tertiary/aromatic N) is 1. The van der Waals surface area contributed by atoms with Crippen LogP contribution in [0.2, 0.25) is 0 Å². The van der Waals surface area contributed by atoms with Gasteiger partial charge in [-0.1, -0.05) is 26.0 Å². The first-order valence-electron chi connectivity index (χ1n) is 8.12. The van der Waals surface area contributed by atoms with Crippen molar-refractivity contribution >= 4 is 21.8 Å². The van der Waals surface area contributed by atoms with E-state index in [1.54, 1.807) is 32.9 Å². The summed E-state index contributed by atoms with van der Waals surface area (Å²) < 4.78 is 26.3. The van der Waals surface area contributed by atoms with Crippen LogP contribution in [0, 0.1) is 0 Å². The van der Waals surface area contributed by atoms with Crippen molar-refractivity contribution in [1.82, 2.24) is 14.9 Å². The Morgan fingerprint density at radius 1 is 1.12 bits per heavy atom. The Bertz CT molecular complexity index is 685. The second-order valence-electron chi connectivity index (χ2n) is 5.43. The normalized spacial score (nSPS) is 12.7. The third kappa shape index (κ3) is 5.80. The fraction of sp³-hybridized carbons (Fsp3) is 0.500. The first-order chi connectivity index (χ1) is 11.8. The Labute approximate surface area is 148 Å². The summed E-state index contributed by atoms with van der Waals surface area (Å²) in [5.41, 5.74) is 5.91. The summed E-state index contributed by atoms with van der Waals surface area (Å²) in [7, 11) is -3.50. The molecule has 0 fully saturated rings. The number of nitrogens with two attached hydrogens (primary N) is 1. The molecule has 8 nitrogen and oxygen atoms in total. The molecule has 0 radical (unpaired) electrons. The Morgan fingerprint density at radius 2 is 1.68 bits per heavy atom. The van der Waals surface area contributed by atoms with Crippen LogP contribution in [0.5, 0.6) is 0 Å². The van der Waals surface area contributed by atoms with Gasteiger partial charge in [-0.2, -0.15) is 4.31 Å². The minimum absolute atomic E-state index is 0.158. The van der Waals surface area contributed by atoms with Crippen molar-refractivity contribution in [2.45, 2.75) is 31.7 Å². The lowest BCUT2D eigenvalue weighted by Gasteiger charge is -2.19. The predicted octanol–water partition coefficient (Wildman–Crippen LogP) is -0.0308. The van der Waals surface area contributed by atoms with Gasteiger partial charge in [0.25, 0.3) is 0 Å². The van der Waals surface area contributed by atoms with Gasteiger partial charge in [-0.05, 0) is 24.6 Å². The number of rotatable bonds is 9. The number of hydrogen-bond acceptors (Lipinski definition) is 5. The molecule has 0 aliphatic rings. The zero-order valence-corrected chi connectivity index (χ0v) is 15.6. The van der Waals surface area contributed by atoms with E-state index in [0.717, 1.165) is 5.56 Å². The highest BCUT2D eigenvalue weighted by molar-refractivity contribution is 7.89. The molecule has 0 aliphatic carbocycles. The minimum atomic E-state index is -3.50. The first-order valence-corrected chi connectivity index (χ1v) is 9.56. The fourth-order valence-corrected chi connectivity index (χ4v) is 3.73. The lowest BCUT2D eigenvalue weighted by Crippen LogP contribution is -2.40. The molecule has 0 bridgehead atoms. The molecule has 1 atom stereocenters. The molecule has 9 heteroatoms. The summed E-state index contributed by atoms with van der Waals surface area (Å²) >= 11 is 0. The van der Waals surface area contributed by atoms with Crippen molar-refractivity contribution in [3.63, 3.8) is 0 Å². The van der Waals surface area contributed by atoms with E-state index in [4.69, 9.17) is 5.73 Å². The topological polar surface area (TPSA) is 122 Å². The van der Waals surface area contributed by atoms with Gasteiger partial charge in [-0.3, -0.25) is 9.59 Å². The Morgan fingerprint density at radius 3 is 2.16 bits per heavy atom. The number of nitrogens with one attached hydrogen (secondary N) is 2. The van der Waals surface area contributed by atoms with E-state index in [2.05, 4.69) is 10.6 Å². The Kier molecular flexibility index (Phi) is 8.01. The summed E-state index contributed by atoms with van der Waals surface area (Å²) in [6.07, 6.45) is 0. The minimum Gasteiger partial charge on any atom is -0.348 e. The maximum atomic E-state index is 12.4. The van der Waals surface area contributed by atoms with Crippen molar-refractivity contribution in [2.24, 2.45) is 5.73 Å². The van der Waals surface area contributed by atoms with Crippen LogP contribution >= 0.6 is 0 Å². The molecule has 140 valence electrons. The molecule has 0 aromatic heterocycles. The molecule has 1 aromatic rings. The Balaban J connectivity index is 2.75. The van der Waals surface area contributed by atoms with Gasteiger partial charge in [0.05, 0.1) is 24.0 Å². The fourth-order valence-electron chi connectivity index (χ4n) is 2.27. The number of amides is 2. The molecule has 1 aromatic carbocycles. The van der Waals surface area contributed by atoms with Crippen molar-refractivity contribution in [3.05, 3.63) is 29.8 Å². The number of hydrogen-bond donors (Lipinski definition) is 3. The van der Waals surface area contributed by atoms with E-state index in [9.17, 15) is 18.0 Å². The van der Waals surface area contributed by atoms with Crippen molar-refractivity contribution in [3.8, 4) is 0 Å². The van der Waals surface area contributed by atoms with Gasteiger partial charge in [-0.15, -0.1) is 0 Å². The highest BCUT2D eigenvalue weighted by atomic mass is 32.2. The van der Waals surface area contributed by atoms with E-state index >= 15 is 0 Å². The third-order valence-corrected chi connectivity index (χ3v) is 5.80. The monoisotopic (exact) mass is 370 g/mol. The maximum absolute atomic E-state index is 12.4. The summed E-state index contributed by atoms with van der Waals surface area (Å²) in [5, 5.41) is 5.11. The second kappa shape index (κ2) is 9.50. The largest absolute Gasteiger partial charge is 0.348 e. The standard InChI is InChI=1S/C16H26N4O4S/c1-4-20(5-2)25(23,24)14-8-6-13(7-9-14)12(3)19-16(22)11-18-15(21)10-17/h6-9,12H,4-5,10-11,17H2,1-3H3,(H,18,21)(H,19,22). The summed E-state index contributed by atoms with van der Waals surface area (Å²) in [6.45, 7) is 5.83. The molecule has 4 N–H and O–H groups in total. The molecule has 0 saturated heterocycles. The lowest BCUT2D eigenvalue weighted by atomic mass is 10.1. The SMILES string of the molecule is CCN(CC)S(=O)(=O)c1ccc(C(C)NC(=O)CNC(=O)CN)cc1. The van der Waals surface area contributed by atoms with Crippen LogP contribution in [0.15, 0.2) is 29.2 Å². The van der Waals surface area contributed by atoms with Crippen LogP contribution in [0.3, 0.4) is 0 Å². The van der Waals surface area contributed by atoms with Gasteiger partial charge < -0.3 is 16.4 Å². The zero-order valence-electron chi connectivity index (χ0n) is 14.8. The second-order valence-corrected chi connectivity index (χ2v) is 7.37. The zero-order chi connectivity index (χ0) is 19.0. The molecule has 0 saturated carbocycles. The molecular weight excluding hydrogens is 344 g/mol. The van der Waals surface area contributed by atoms with Crippen LogP contribution in [0.25, 0.3) is 0 Å². The van der Waals surface area contributed by atoms with Gasteiger partial charge in [-0.25, -0.2) is 8.42 Å². The first kappa shape index (κ1) is 21.1. The van der Waals surface area contributed by atoms with Crippen LogP contribution in [-0.4, -0.2) is 50.7 Å². The average Bonchev–Trinajstić information content (AvgIpc) is 2.60. The number of sulfonamides is 1. The van der Waals surface area contributed by atoms with Crippen molar-refractivity contribution < 1.29 is 18.0 Å². The van der Waals surface area contributed by atoms with Gasteiger partial charge in [0, 0.05) is 13.1 Å². The van der Waals surface area contributed by atoms with Gasteiger partial charge in [0.15, 0.2) is 0 Å². The van der Waals surface area contributed by atoms with Gasteiger partial charge in [0.2, 0.25) is 21.8 Å². The van der Waals surface area contributed by atoms with Crippen molar-refractivity contribution in [1.29, 1.82) is 0 Å². The van der Waals surface area contributed by atoms with Gasteiger partial charge in [0.1, 0.15) is 0 Å². The third-order valence-electron chi connectivity index (χ3n) is 3.73. The predicted molar refractivity (Wildman–Crippen MR) is 95.2 cm³/mol. The molecule has 0 spiro atoms. The van der Waals surface area contributed by atoms with E-state index in [-0.39, 0.29) is 29.9 Å². The number of benzene rings is 1. The van der Waals surface area contributed by atoms with Crippen molar-refractivity contribution in [2.75, 3.05) is 26.2 Å². The highest BCUT2D eigenvalue weighted by Crippen LogP contribution is 2.19. The van der Waals surface area contributed by atoms with Gasteiger partial charge >= 0.3 is 0 Å². The molecule has 1 unspecified atom stereocenters. The average molecular weight is 370 g/mol. The lowest BCUT2D eigenvalue weighted by molar-refractivity contribution is -0.125. The molecule has 0 aliphatic heterocycles. The molecular formula is C16H26N4O4S. The smallest absolute Gasteiger partial charge is 0.243 e. The number of carbonyl (C=O) groups is 2. The van der Waals surface area contributed by atoms with E-state index in [1.807, 2.05) is 0 Å². The van der Waals surface area contributed by atoms with E-state index < -0.39 is 15.9 Å². The molecule has 0 heterocycles.